The Morgan fingerprint density at radius 2 is 2.00 bits per heavy atom. The van der Waals surface area contributed by atoms with Gasteiger partial charge in [-0.15, -0.1) is 0 Å². The molecule has 0 rings (SSSR count). The van der Waals surface area contributed by atoms with Gasteiger partial charge < -0.3 is 0 Å². The molecule has 0 unspecified atom stereocenters. The molecule has 0 N–H and O–H groups in total. The third-order valence-corrected chi connectivity index (χ3v) is 1.18. The summed E-state index contributed by atoms with van der Waals surface area (Å²) in [5, 5.41) is 0. The van der Waals surface area contributed by atoms with Crippen LogP contribution < -0.4 is 0 Å². The Hall–Kier alpha value is 0.0383. The predicted molar refractivity (Wildman–Crippen MR) is 34.6 cm³/mol. The van der Waals surface area contributed by atoms with E-state index in [2.05, 4.69) is 26.5 Å². The standard InChI is InChI=1S/C7H10.W/c1-4-6-7(3)5-2;/h5-6H,2H2,1,3H3;/b7-6-;. The molecule has 0 atom stereocenters. The van der Waals surface area contributed by atoms with Crippen LogP contribution in [0.15, 0.2) is 24.3 Å². The SMILES string of the molecule is C=C/C(C)=C\[C](C)=[W]. The van der Waals surface area contributed by atoms with Gasteiger partial charge in [0, 0.05) is 0 Å². The fourth-order valence-corrected chi connectivity index (χ4v) is 1.05. The van der Waals surface area contributed by atoms with Gasteiger partial charge in [0.15, 0.2) is 0 Å². The van der Waals surface area contributed by atoms with Crippen molar-refractivity contribution < 1.29 is 19.4 Å². The van der Waals surface area contributed by atoms with Crippen LogP contribution in [0.5, 0.6) is 0 Å². The Labute approximate surface area is 61.7 Å². The van der Waals surface area contributed by atoms with Gasteiger partial charge in [-0.05, 0) is 0 Å². The Kier molecular flexibility index (Phi) is 3.99. The van der Waals surface area contributed by atoms with Gasteiger partial charge in [0.2, 0.25) is 0 Å². The molecule has 0 heterocycles. The van der Waals surface area contributed by atoms with Crippen molar-refractivity contribution in [3.05, 3.63) is 24.3 Å². The summed E-state index contributed by atoms with van der Waals surface area (Å²) in [6.07, 6.45) is 4.01. The molecule has 0 amide bonds. The molecule has 0 aromatic heterocycles. The monoisotopic (exact) mass is 278 g/mol. The van der Waals surface area contributed by atoms with Gasteiger partial charge in [-0.3, -0.25) is 0 Å². The van der Waals surface area contributed by atoms with E-state index >= 15 is 0 Å². The molecule has 0 fully saturated rings. The first-order valence-electron chi connectivity index (χ1n) is 2.48. The van der Waals surface area contributed by atoms with Crippen molar-refractivity contribution in [1.82, 2.24) is 0 Å². The Balaban J connectivity index is 3.94. The molecule has 1 heteroatoms. The van der Waals surface area contributed by atoms with Crippen molar-refractivity contribution in [2.24, 2.45) is 0 Å². The topological polar surface area (TPSA) is 0 Å². The van der Waals surface area contributed by atoms with Crippen LogP contribution in [0.3, 0.4) is 0 Å². The van der Waals surface area contributed by atoms with E-state index in [0.717, 1.165) is 0 Å². The fourth-order valence-electron chi connectivity index (χ4n) is 0.380. The zero-order valence-electron chi connectivity index (χ0n) is 5.27. The van der Waals surface area contributed by atoms with Crippen molar-refractivity contribution in [2.75, 3.05) is 0 Å². The van der Waals surface area contributed by atoms with Crippen LogP contribution in [0.2, 0.25) is 0 Å². The van der Waals surface area contributed by atoms with E-state index < -0.39 is 0 Å². The van der Waals surface area contributed by atoms with Crippen LogP contribution in [-0.2, 0) is 19.4 Å². The van der Waals surface area contributed by atoms with Crippen LogP contribution in [0, 0.1) is 0 Å². The average molecular weight is 278 g/mol. The van der Waals surface area contributed by atoms with E-state index in [-0.39, 0.29) is 0 Å². The fraction of sp³-hybridized carbons (Fsp3) is 0.286. The second-order valence-corrected chi connectivity index (χ2v) is 4.02. The van der Waals surface area contributed by atoms with Gasteiger partial charge in [-0.1, -0.05) is 0 Å². The second kappa shape index (κ2) is 3.97. The van der Waals surface area contributed by atoms with E-state index in [1.54, 1.807) is 0 Å². The van der Waals surface area contributed by atoms with Gasteiger partial charge in [-0.2, -0.15) is 0 Å². The van der Waals surface area contributed by atoms with E-state index in [9.17, 15) is 0 Å². The summed E-state index contributed by atoms with van der Waals surface area (Å²) >= 11 is 1.53. The van der Waals surface area contributed by atoms with Gasteiger partial charge in [0.05, 0.1) is 0 Å². The van der Waals surface area contributed by atoms with Crippen molar-refractivity contribution in [1.29, 1.82) is 0 Å². The zero-order valence-corrected chi connectivity index (χ0v) is 8.20. The maximum atomic E-state index is 3.64. The summed E-state index contributed by atoms with van der Waals surface area (Å²) < 4.78 is 1.41. The van der Waals surface area contributed by atoms with E-state index in [1.807, 2.05) is 6.08 Å². The number of hydrogen-bond acceptors (Lipinski definition) is 0. The maximum absolute atomic E-state index is 3.64. The molecule has 0 saturated carbocycles. The normalized spacial score (nSPS) is 11.0. The predicted octanol–water partition coefficient (Wildman–Crippen LogP) is 1.86. The van der Waals surface area contributed by atoms with E-state index in [0.29, 0.717) is 0 Å². The summed E-state index contributed by atoms with van der Waals surface area (Å²) in [5.41, 5.74) is 1.25. The minimum absolute atomic E-state index is 1.25. The summed E-state index contributed by atoms with van der Waals surface area (Å²) in [6.45, 7) is 7.81. The Morgan fingerprint density at radius 1 is 1.50 bits per heavy atom. The summed E-state index contributed by atoms with van der Waals surface area (Å²) in [4.78, 5) is 0. The molecule has 0 aromatic carbocycles. The van der Waals surface area contributed by atoms with E-state index in [1.165, 1.54) is 28.8 Å². The molecule has 44 valence electrons. The summed E-state index contributed by atoms with van der Waals surface area (Å²) in [7, 11) is 0. The molecule has 0 aromatic rings. The Morgan fingerprint density at radius 3 is 2.12 bits per heavy atom. The van der Waals surface area contributed by atoms with Crippen molar-refractivity contribution >= 4 is 3.90 Å². The third-order valence-electron chi connectivity index (χ3n) is 0.753. The molecule has 0 nitrogen and oxygen atoms in total. The molecule has 0 spiro atoms. The van der Waals surface area contributed by atoms with Crippen LogP contribution in [-0.4, -0.2) is 3.90 Å². The zero-order chi connectivity index (χ0) is 6.57. The van der Waals surface area contributed by atoms with Gasteiger partial charge >= 0.3 is 61.4 Å². The van der Waals surface area contributed by atoms with Crippen LogP contribution in [0.1, 0.15) is 13.8 Å². The molecular weight excluding hydrogens is 268 g/mol. The number of rotatable bonds is 2. The molecule has 0 saturated heterocycles. The molecule has 0 radical (unpaired) electrons. The first-order valence-corrected chi connectivity index (χ1v) is 3.95. The summed E-state index contributed by atoms with van der Waals surface area (Å²) in [5.74, 6) is 0. The van der Waals surface area contributed by atoms with Crippen molar-refractivity contribution in [3.8, 4) is 0 Å². The number of hydrogen-bond donors (Lipinski definition) is 0. The molecule has 0 aliphatic carbocycles. The first kappa shape index (κ1) is 8.04. The van der Waals surface area contributed by atoms with Gasteiger partial charge in [-0.25, -0.2) is 0 Å². The average Bonchev–Trinajstić information content (AvgIpc) is 1.65. The Bertz CT molecular complexity index is 131. The summed E-state index contributed by atoms with van der Waals surface area (Å²) in [6, 6.07) is 0. The van der Waals surface area contributed by atoms with Crippen LogP contribution in [0.25, 0.3) is 0 Å². The quantitative estimate of drug-likeness (QED) is 0.676. The first-order chi connectivity index (χ1) is 3.66. The van der Waals surface area contributed by atoms with Crippen molar-refractivity contribution in [3.63, 3.8) is 0 Å². The van der Waals surface area contributed by atoms with Crippen LogP contribution in [0.4, 0.5) is 0 Å². The number of allylic oxidation sites excluding steroid dienone is 3. The minimum atomic E-state index is 1.25. The molecule has 8 heavy (non-hydrogen) atoms. The van der Waals surface area contributed by atoms with Crippen LogP contribution >= 0.6 is 0 Å². The van der Waals surface area contributed by atoms with Crippen molar-refractivity contribution in [2.45, 2.75) is 13.8 Å². The van der Waals surface area contributed by atoms with Gasteiger partial charge in [0.25, 0.3) is 0 Å². The third kappa shape index (κ3) is 4.20. The molecule has 0 aliphatic heterocycles. The second-order valence-electron chi connectivity index (χ2n) is 1.70. The molecule has 0 bridgehead atoms. The molecular formula is C7H10W. The van der Waals surface area contributed by atoms with Gasteiger partial charge in [0.1, 0.15) is 0 Å². The van der Waals surface area contributed by atoms with E-state index in [4.69, 9.17) is 0 Å². The molecule has 0 aliphatic rings.